The maximum Gasteiger partial charge on any atom is 0.191 e. The molecule has 1 saturated heterocycles. The van der Waals surface area contributed by atoms with E-state index in [9.17, 15) is 0 Å². The van der Waals surface area contributed by atoms with Gasteiger partial charge in [-0.2, -0.15) is 0 Å². The lowest BCUT2D eigenvalue weighted by atomic mass is 9.46. The third-order valence-electron chi connectivity index (χ3n) is 6.56. The van der Waals surface area contributed by atoms with Crippen molar-refractivity contribution in [3.8, 4) is 0 Å². The Balaban J connectivity index is 0.00000196. The molecule has 0 amide bonds. The quantitative estimate of drug-likeness (QED) is 0.391. The van der Waals surface area contributed by atoms with Crippen LogP contribution in [0.2, 0.25) is 0 Å². The molecule has 4 nitrogen and oxygen atoms in total. The van der Waals surface area contributed by atoms with E-state index in [2.05, 4.69) is 54.8 Å². The van der Waals surface area contributed by atoms with Crippen LogP contribution < -0.4 is 10.6 Å². The van der Waals surface area contributed by atoms with Crippen LogP contribution in [0.25, 0.3) is 0 Å². The average molecular weight is 469 g/mol. The number of benzene rings is 1. The fourth-order valence-electron chi connectivity index (χ4n) is 5.04. The van der Waals surface area contributed by atoms with Crippen molar-refractivity contribution in [2.75, 3.05) is 19.7 Å². The molecule has 1 aliphatic heterocycles. The molecule has 5 heteroatoms. The van der Waals surface area contributed by atoms with Crippen LogP contribution >= 0.6 is 24.0 Å². The van der Waals surface area contributed by atoms with Gasteiger partial charge in [-0.15, -0.1) is 24.0 Å². The van der Waals surface area contributed by atoms with Gasteiger partial charge in [0.05, 0.1) is 6.10 Å². The molecule has 144 valence electrons. The van der Waals surface area contributed by atoms with Crippen molar-refractivity contribution in [2.45, 2.75) is 57.6 Å². The second kappa shape index (κ2) is 8.46. The number of rotatable bonds is 5. The summed E-state index contributed by atoms with van der Waals surface area (Å²) < 4.78 is 6.04. The molecule has 3 fully saturated rings. The van der Waals surface area contributed by atoms with Crippen molar-refractivity contribution in [1.82, 2.24) is 10.6 Å². The first-order valence-corrected chi connectivity index (χ1v) is 9.96. The Hall–Kier alpha value is -0.820. The zero-order chi connectivity index (χ0) is 17.3. The Morgan fingerprint density at radius 3 is 2.73 bits per heavy atom. The number of nitrogens with one attached hydrogen (secondary N) is 2. The summed E-state index contributed by atoms with van der Waals surface area (Å²) in [5.41, 5.74) is 1.74. The van der Waals surface area contributed by atoms with E-state index in [-0.39, 0.29) is 24.0 Å². The number of aliphatic imine (C=N–C) groups is 1. The largest absolute Gasteiger partial charge is 0.377 e. The highest BCUT2D eigenvalue weighted by molar-refractivity contribution is 14.0. The van der Waals surface area contributed by atoms with E-state index in [4.69, 9.17) is 9.73 Å². The normalized spacial score (nSPS) is 29.8. The number of nitrogens with zero attached hydrogens (tertiary/aromatic N) is 1. The van der Waals surface area contributed by atoms with Gasteiger partial charge in [-0.25, -0.2) is 0 Å². The molecule has 26 heavy (non-hydrogen) atoms. The summed E-state index contributed by atoms with van der Waals surface area (Å²) in [6, 6.07) is 11.2. The summed E-state index contributed by atoms with van der Waals surface area (Å²) in [5.74, 6) is 2.08. The van der Waals surface area contributed by atoms with E-state index < -0.39 is 0 Å². The molecule has 1 aromatic carbocycles. The Morgan fingerprint density at radius 2 is 2.08 bits per heavy atom. The minimum atomic E-state index is 0. The van der Waals surface area contributed by atoms with E-state index >= 15 is 0 Å². The molecule has 0 aromatic heterocycles. The highest BCUT2D eigenvalue weighted by atomic mass is 127. The zero-order valence-corrected chi connectivity index (χ0v) is 18.2. The first kappa shape index (κ1) is 19.9. The first-order chi connectivity index (χ1) is 12.2. The van der Waals surface area contributed by atoms with Gasteiger partial charge in [-0.05, 0) is 31.7 Å². The highest BCUT2D eigenvalue weighted by Crippen LogP contribution is 2.62. The van der Waals surface area contributed by atoms with Crippen molar-refractivity contribution in [3.05, 3.63) is 35.9 Å². The van der Waals surface area contributed by atoms with Crippen LogP contribution in [0.1, 0.15) is 51.0 Å². The first-order valence-electron chi connectivity index (χ1n) is 9.96. The second-order valence-electron chi connectivity index (χ2n) is 7.98. The van der Waals surface area contributed by atoms with E-state index in [1.54, 1.807) is 0 Å². The summed E-state index contributed by atoms with van der Waals surface area (Å²) in [4.78, 5) is 4.90. The van der Waals surface area contributed by atoms with Gasteiger partial charge in [0.2, 0.25) is 0 Å². The maximum absolute atomic E-state index is 6.04. The van der Waals surface area contributed by atoms with Crippen LogP contribution in [0.4, 0.5) is 0 Å². The predicted molar refractivity (Wildman–Crippen MR) is 117 cm³/mol. The molecular formula is C21H32IN3O. The van der Waals surface area contributed by atoms with Gasteiger partial charge in [0.15, 0.2) is 5.96 Å². The lowest BCUT2D eigenvalue weighted by Crippen LogP contribution is -2.72. The summed E-state index contributed by atoms with van der Waals surface area (Å²) >= 11 is 0. The molecule has 3 aliphatic rings. The number of halogens is 1. The third kappa shape index (κ3) is 3.49. The van der Waals surface area contributed by atoms with Crippen LogP contribution in [0.5, 0.6) is 0 Å². The molecular weight excluding hydrogens is 437 g/mol. The molecule has 4 atom stereocenters. The second-order valence-corrected chi connectivity index (χ2v) is 7.98. The number of hydrogen-bond acceptors (Lipinski definition) is 2. The fraction of sp³-hybridized carbons (Fsp3) is 0.667. The molecule has 0 radical (unpaired) electrons. The lowest BCUT2D eigenvalue weighted by Gasteiger charge is -2.63. The van der Waals surface area contributed by atoms with Gasteiger partial charge in [-0.3, -0.25) is 4.99 Å². The van der Waals surface area contributed by atoms with E-state index in [0.717, 1.165) is 25.7 Å². The van der Waals surface area contributed by atoms with Gasteiger partial charge in [-0.1, -0.05) is 43.7 Å². The summed E-state index contributed by atoms with van der Waals surface area (Å²) in [5, 5.41) is 7.24. The van der Waals surface area contributed by atoms with Crippen LogP contribution in [0, 0.1) is 11.3 Å². The molecule has 0 bridgehead atoms. The molecule has 2 aliphatic carbocycles. The minimum Gasteiger partial charge on any atom is -0.377 e. The van der Waals surface area contributed by atoms with Crippen molar-refractivity contribution < 1.29 is 4.74 Å². The van der Waals surface area contributed by atoms with Crippen molar-refractivity contribution >= 4 is 29.9 Å². The Morgan fingerprint density at radius 1 is 1.31 bits per heavy atom. The zero-order valence-electron chi connectivity index (χ0n) is 15.9. The van der Waals surface area contributed by atoms with Gasteiger partial charge in [0, 0.05) is 43.0 Å². The third-order valence-corrected chi connectivity index (χ3v) is 6.56. The number of guanidine groups is 1. The maximum atomic E-state index is 6.04. The highest BCUT2D eigenvalue weighted by Gasteiger charge is 2.66. The SMILES string of the molecule is CCNC(=NCC(C)c1ccccc1)NC1C2CCOC2C12CCC2.I. The summed E-state index contributed by atoms with van der Waals surface area (Å²) in [7, 11) is 0. The number of fused-ring (bicyclic) bond motifs is 2. The van der Waals surface area contributed by atoms with Gasteiger partial charge >= 0.3 is 0 Å². The monoisotopic (exact) mass is 469 g/mol. The number of ether oxygens (including phenoxy) is 1. The Bertz CT molecular complexity index is 617. The van der Waals surface area contributed by atoms with Crippen molar-refractivity contribution in [3.63, 3.8) is 0 Å². The van der Waals surface area contributed by atoms with Crippen molar-refractivity contribution in [1.29, 1.82) is 0 Å². The Kier molecular flexibility index (Phi) is 6.49. The van der Waals surface area contributed by atoms with Crippen LogP contribution in [-0.2, 0) is 4.74 Å². The van der Waals surface area contributed by atoms with E-state index in [1.807, 2.05) is 0 Å². The lowest BCUT2D eigenvalue weighted by molar-refractivity contribution is -0.171. The predicted octanol–water partition coefficient (Wildman–Crippen LogP) is 3.92. The van der Waals surface area contributed by atoms with Gasteiger partial charge in [0.1, 0.15) is 0 Å². The van der Waals surface area contributed by atoms with Crippen LogP contribution in [0.15, 0.2) is 35.3 Å². The van der Waals surface area contributed by atoms with Gasteiger partial charge < -0.3 is 15.4 Å². The molecule has 1 aromatic rings. The fourth-order valence-corrected chi connectivity index (χ4v) is 5.04. The standard InChI is InChI=1S/C21H31N3O.HI/c1-3-22-20(23-14-15(2)16-8-5-4-6-9-16)24-18-17-10-13-25-19(17)21(18)11-7-12-21;/h4-6,8-9,15,17-19H,3,7,10-14H2,1-2H3,(H2,22,23,24);1H. The molecule has 1 heterocycles. The van der Waals surface area contributed by atoms with Crippen molar-refractivity contribution in [2.24, 2.45) is 16.3 Å². The van der Waals surface area contributed by atoms with E-state index in [1.165, 1.54) is 31.2 Å². The number of hydrogen-bond donors (Lipinski definition) is 2. The molecule has 4 rings (SSSR count). The van der Waals surface area contributed by atoms with Crippen LogP contribution in [-0.4, -0.2) is 37.8 Å². The Labute approximate surface area is 174 Å². The topological polar surface area (TPSA) is 45.7 Å². The molecule has 4 unspecified atom stereocenters. The summed E-state index contributed by atoms with van der Waals surface area (Å²) in [6.07, 6.45) is 5.68. The molecule has 1 spiro atoms. The molecule has 2 N–H and O–H groups in total. The minimum absolute atomic E-state index is 0. The smallest absolute Gasteiger partial charge is 0.191 e. The van der Waals surface area contributed by atoms with Gasteiger partial charge in [0.25, 0.3) is 0 Å². The molecule has 2 saturated carbocycles. The van der Waals surface area contributed by atoms with Crippen LogP contribution in [0.3, 0.4) is 0 Å². The average Bonchev–Trinajstić information content (AvgIpc) is 3.01. The summed E-state index contributed by atoms with van der Waals surface area (Å²) in [6.45, 7) is 7.03. The van der Waals surface area contributed by atoms with E-state index in [0.29, 0.717) is 29.4 Å².